The molecule has 1 aromatic rings. The van der Waals surface area contributed by atoms with Crippen LogP contribution < -0.4 is 5.32 Å². The van der Waals surface area contributed by atoms with Crippen LogP contribution in [0.4, 0.5) is 4.79 Å². The third-order valence-corrected chi connectivity index (χ3v) is 4.77. The van der Waals surface area contributed by atoms with Gasteiger partial charge in [-0.25, -0.2) is 4.79 Å². The van der Waals surface area contributed by atoms with E-state index in [4.69, 9.17) is 0 Å². The van der Waals surface area contributed by atoms with E-state index in [9.17, 15) is 9.59 Å². The number of likely N-dealkylation sites (tertiary alicyclic amines) is 1. The maximum absolute atomic E-state index is 12.1. The minimum atomic E-state index is -0.770. The van der Waals surface area contributed by atoms with E-state index in [2.05, 4.69) is 20.4 Å². The van der Waals surface area contributed by atoms with Gasteiger partial charge in [-0.2, -0.15) is 5.10 Å². The number of urea groups is 1. The summed E-state index contributed by atoms with van der Waals surface area (Å²) in [5, 5.41) is 9.82. The van der Waals surface area contributed by atoms with E-state index in [1.54, 1.807) is 20.0 Å². The Morgan fingerprint density at radius 3 is 2.83 bits per heavy atom. The number of aromatic nitrogens is 2. The first-order chi connectivity index (χ1) is 11.0. The van der Waals surface area contributed by atoms with Crippen molar-refractivity contribution in [2.24, 2.45) is 0 Å². The van der Waals surface area contributed by atoms with Crippen LogP contribution in [-0.2, 0) is 4.79 Å². The van der Waals surface area contributed by atoms with Gasteiger partial charge in [0.1, 0.15) is 5.54 Å². The lowest BCUT2D eigenvalue weighted by atomic mass is 9.95. The zero-order valence-electron chi connectivity index (χ0n) is 13.8. The molecule has 2 aliphatic rings. The van der Waals surface area contributed by atoms with Gasteiger partial charge in [0.05, 0.1) is 0 Å². The van der Waals surface area contributed by atoms with Crippen molar-refractivity contribution in [3.63, 3.8) is 0 Å². The molecule has 3 rings (SSSR count). The molecule has 126 valence electrons. The van der Waals surface area contributed by atoms with E-state index < -0.39 is 5.54 Å². The molecule has 0 saturated carbocycles. The fourth-order valence-corrected chi connectivity index (χ4v) is 3.48. The van der Waals surface area contributed by atoms with Gasteiger partial charge in [-0.3, -0.25) is 14.8 Å². The highest BCUT2D eigenvalue weighted by Crippen LogP contribution is 2.25. The molecule has 7 nitrogen and oxygen atoms in total. The molecule has 7 heteroatoms. The molecular formula is C16H25N5O2. The number of carbonyl (C=O) groups excluding carboxylic acids is 2. The second kappa shape index (κ2) is 6.31. The lowest BCUT2D eigenvalue weighted by molar-refractivity contribution is -0.130. The molecule has 1 aromatic heterocycles. The van der Waals surface area contributed by atoms with E-state index in [0.717, 1.165) is 26.1 Å². The van der Waals surface area contributed by atoms with Gasteiger partial charge in [0.2, 0.25) is 0 Å². The minimum absolute atomic E-state index is 0.128. The standard InChI is InChI=1S/C16H25N5O2/c1-16(2)14(22)21(15(23)18-16)10-4-9-20-8-3-5-12(11-20)13-6-7-17-19-13/h6-7,12H,3-5,8-11H2,1-2H3,(H,17,19)(H,18,23)/t12-/m0/s1. The van der Waals surface area contributed by atoms with Crippen molar-refractivity contribution in [3.05, 3.63) is 18.0 Å². The summed E-state index contributed by atoms with van der Waals surface area (Å²) in [5.41, 5.74) is 0.430. The van der Waals surface area contributed by atoms with Gasteiger partial charge in [-0.1, -0.05) is 0 Å². The van der Waals surface area contributed by atoms with Crippen LogP contribution in [-0.4, -0.2) is 63.7 Å². The van der Waals surface area contributed by atoms with Crippen LogP contribution in [0, 0.1) is 0 Å². The number of hydrogen-bond donors (Lipinski definition) is 2. The molecule has 2 aliphatic heterocycles. The van der Waals surface area contributed by atoms with Crippen LogP contribution in [0.1, 0.15) is 44.7 Å². The van der Waals surface area contributed by atoms with Gasteiger partial charge in [0.15, 0.2) is 0 Å². The fraction of sp³-hybridized carbons (Fsp3) is 0.688. The van der Waals surface area contributed by atoms with Crippen LogP contribution in [0.3, 0.4) is 0 Å². The highest BCUT2D eigenvalue weighted by molar-refractivity contribution is 6.06. The Labute approximate surface area is 136 Å². The first kappa shape index (κ1) is 16.0. The van der Waals surface area contributed by atoms with Crippen LogP contribution in [0.5, 0.6) is 0 Å². The summed E-state index contributed by atoms with van der Waals surface area (Å²) >= 11 is 0. The van der Waals surface area contributed by atoms with Gasteiger partial charge in [0.25, 0.3) is 5.91 Å². The normalized spacial score (nSPS) is 25.0. The lowest BCUT2D eigenvalue weighted by Gasteiger charge is -2.32. The fourth-order valence-electron chi connectivity index (χ4n) is 3.48. The first-order valence-corrected chi connectivity index (χ1v) is 8.33. The van der Waals surface area contributed by atoms with Crippen molar-refractivity contribution in [3.8, 4) is 0 Å². The summed E-state index contributed by atoms with van der Waals surface area (Å²) in [7, 11) is 0. The molecule has 0 bridgehead atoms. The summed E-state index contributed by atoms with van der Waals surface area (Å²) in [5.74, 6) is 0.374. The minimum Gasteiger partial charge on any atom is -0.324 e. The van der Waals surface area contributed by atoms with E-state index >= 15 is 0 Å². The molecule has 3 heterocycles. The first-order valence-electron chi connectivity index (χ1n) is 8.33. The largest absolute Gasteiger partial charge is 0.325 e. The number of rotatable bonds is 5. The van der Waals surface area contributed by atoms with Crippen LogP contribution in [0.25, 0.3) is 0 Å². The third-order valence-electron chi connectivity index (χ3n) is 4.77. The van der Waals surface area contributed by atoms with Crippen molar-refractivity contribution in [1.82, 2.24) is 25.3 Å². The lowest BCUT2D eigenvalue weighted by Crippen LogP contribution is -2.41. The van der Waals surface area contributed by atoms with Gasteiger partial charge in [-0.05, 0) is 52.3 Å². The van der Waals surface area contributed by atoms with Crippen molar-refractivity contribution in [2.45, 2.75) is 44.6 Å². The Hall–Kier alpha value is -1.89. The molecule has 0 unspecified atom stereocenters. The Balaban J connectivity index is 1.47. The molecule has 2 saturated heterocycles. The molecule has 3 amide bonds. The van der Waals surface area contributed by atoms with Gasteiger partial charge >= 0.3 is 6.03 Å². The number of nitrogens with zero attached hydrogens (tertiary/aromatic N) is 3. The molecule has 0 aliphatic carbocycles. The van der Waals surface area contributed by atoms with Gasteiger partial charge < -0.3 is 10.2 Å². The van der Waals surface area contributed by atoms with Crippen molar-refractivity contribution >= 4 is 11.9 Å². The van der Waals surface area contributed by atoms with E-state index in [0.29, 0.717) is 12.5 Å². The van der Waals surface area contributed by atoms with Crippen LogP contribution in [0.2, 0.25) is 0 Å². The van der Waals surface area contributed by atoms with Crippen molar-refractivity contribution in [2.75, 3.05) is 26.2 Å². The Morgan fingerprint density at radius 2 is 2.17 bits per heavy atom. The quantitative estimate of drug-likeness (QED) is 0.802. The average molecular weight is 319 g/mol. The number of amides is 3. The zero-order valence-corrected chi connectivity index (χ0v) is 13.8. The number of carbonyl (C=O) groups is 2. The second-order valence-corrected chi connectivity index (χ2v) is 7.02. The monoisotopic (exact) mass is 319 g/mol. The SMILES string of the molecule is CC1(C)NC(=O)N(CCCN2CCC[C@H](c3ccn[nH]3)C2)C1=O. The van der Waals surface area contributed by atoms with Crippen molar-refractivity contribution < 1.29 is 9.59 Å². The van der Waals surface area contributed by atoms with E-state index in [1.807, 2.05) is 6.07 Å². The predicted octanol–water partition coefficient (Wildman–Crippen LogP) is 1.31. The van der Waals surface area contributed by atoms with Gasteiger partial charge in [-0.15, -0.1) is 0 Å². The Bertz CT molecular complexity index is 569. The second-order valence-electron chi connectivity index (χ2n) is 7.02. The number of nitrogens with one attached hydrogen (secondary N) is 2. The maximum Gasteiger partial charge on any atom is 0.325 e. The third kappa shape index (κ3) is 3.39. The molecule has 0 aromatic carbocycles. The molecular weight excluding hydrogens is 294 g/mol. The molecule has 2 N–H and O–H groups in total. The topological polar surface area (TPSA) is 81.3 Å². The summed E-state index contributed by atoms with van der Waals surface area (Å²) in [4.78, 5) is 27.8. The number of imide groups is 1. The van der Waals surface area contributed by atoms with E-state index in [1.165, 1.54) is 23.4 Å². The Kier molecular flexibility index (Phi) is 4.39. The number of H-pyrrole nitrogens is 1. The predicted molar refractivity (Wildman–Crippen MR) is 85.9 cm³/mol. The number of aromatic amines is 1. The number of hydrogen-bond acceptors (Lipinski definition) is 4. The molecule has 2 fully saturated rings. The highest BCUT2D eigenvalue weighted by atomic mass is 16.2. The van der Waals surface area contributed by atoms with Gasteiger partial charge in [0, 0.05) is 30.9 Å². The molecule has 0 radical (unpaired) electrons. The maximum atomic E-state index is 12.1. The van der Waals surface area contributed by atoms with Crippen LogP contribution >= 0.6 is 0 Å². The summed E-state index contributed by atoms with van der Waals surface area (Å²) in [6, 6.07) is 1.78. The van der Waals surface area contributed by atoms with E-state index in [-0.39, 0.29) is 11.9 Å². The highest BCUT2D eigenvalue weighted by Gasteiger charge is 2.43. The zero-order chi connectivity index (χ0) is 16.4. The average Bonchev–Trinajstić information content (AvgIpc) is 3.10. The molecule has 1 atom stereocenters. The summed E-state index contributed by atoms with van der Waals surface area (Å²) in [6.45, 7) is 6.96. The molecule has 23 heavy (non-hydrogen) atoms. The summed E-state index contributed by atoms with van der Waals surface area (Å²) < 4.78 is 0. The molecule has 0 spiro atoms. The number of piperidine rings is 1. The smallest absolute Gasteiger partial charge is 0.324 e. The summed E-state index contributed by atoms with van der Waals surface area (Å²) in [6.07, 6.45) is 4.96. The van der Waals surface area contributed by atoms with Crippen LogP contribution in [0.15, 0.2) is 12.3 Å². The van der Waals surface area contributed by atoms with Crippen molar-refractivity contribution in [1.29, 1.82) is 0 Å². The Morgan fingerprint density at radius 1 is 1.35 bits per heavy atom.